The summed E-state index contributed by atoms with van der Waals surface area (Å²) in [6, 6.07) is 0. The van der Waals surface area contributed by atoms with E-state index >= 15 is 0 Å². The Morgan fingerprint density at radius 2 is 1.92 bits per heavy atom. The zero-order chi connectivity index (χ0) is 8.97. The van der Waals surface area contributed by atoms with E-state index in [0.717, 1.165) is 11.8 Å². The van der Waals surface area contributed by atoms with E-state index in [1.165, 1.54) is 25.7 Å². The summed E-state index contributed by atoms with van der Waals surface area (Å²) < 4.78 is 0. The maximum atomic E-state index is 5.37. The van der Waals surface area contributed by atoms with Crippen molar-refractivity contribution in [2.24, 2.45) is 22.7 Å². The van der Waals surface area contributed by atoms with Crippen LogP contribution in [0, 0.1) is 11.8 Å². The van der Waals surface area contributed by atoms with Gasteiger partial charge in [-0.05, 0) is 18.8 Å². The molecule has 1 rings (SSSR count). The molecule has 0 amide bonds. The average molecular weight is 169 g/mol. The average Bonchev–Trinajstić information content (AvgIpc) is 2.10. The van der Waals surface area contributed by atoms with Crippen molar-refractivity contribution in [1.82, 2.24) is 5.43 Å². The molecule has 0 radical (unpaired) electrons. The number of rotatable bonds is 1. The van der Waals surface area contributed by atoms with Crippen molar-refractivity contribution in [2.75, 3.05) is 7.05 Å². The van der Waals surface area contributed by atoms with Gasteiger partial charge in [0.05, 0.1) is 0 Å². The van der Waals surface area contributed by atoms with Gasteiger partial charge >= 0.3 is 0 Å². The zero-order valence-corrected chi connectivity index (χ0v) is 8.01. The van der Waals surface area contributed by atoms with Gasteiger partial charge in [0.25, 0.3) is 0 Å². The molecule has 0 aromatic rings. The summed E-state index contributed by atoms with van der Waals surface area (Å²) in [5, 5.41) is 0. The van der Waals surface area contributed by atoms with Gasteiger partial charge in [0.2, 0.25) is 0 Å². The summed E-state index contributed by atoms with van der Waals surface area (Å²) in [6.07, 6.45) is 5.09. The van der Waals surface area contributed by atoms with E-state index in [1.54, 1.807) is 7.05 Å². The number of amidine groups is 1. The third-order valence-electron chi connectivity index (χ3n) is 2.79. The minimum atomic E-state index is 0.580. The Bertz CT molecular complexity index is 157. The molecule has 0 saturated heterocycles. The van der Waals surface area contributed by atoms with Crippen molar-refractivity contribution in [3.63, 3.8) is 0 Å². The monoisotopic (exact) mass is 169 g/mol. The zero-order valence-electron chi connectivity index (χ0n) is 8.01. The van der Waals surface area contributed by atoms with E-state index in [9.17, 15) is 0 Å². The second kappa shape index (κ2) is 4.45. The van der Waals surface area contributed by atoms with Crippen molar-refractivity contribution in [2.45, 2.75) is 32.6 Å². The lowest BCUT2D eigenvalue weighted by Gasteiger charge is -2.26. The predicted octanol–water partition coefficient (Wildman–Crippen LogP) is 1.30. The molecule has 0 aromatic carbocycles. The first-order valence-corrected chi connectivity index (χ1v) is 4.71. The van der Waals surface area contributed by atoms with E-state index in [2.05, 4.69) is 17.3 Å². The topological polar surface area (TPSA) is 50.4 Å². The molecule has 3 nitrogen and oxygen atoms in total. The molecular formula is C9H19N3. The molecule has 3 N–H and O–H groups in total. The van der Waals surface area contributed by atoms with Crippen LogP contribution in [-0.4, -0.2) is 12.9 Å². The minimum absolute atomic E-state index is 0.580. The first-order valence-electron chi connectivity index (χ1n) is 4.71. The summed E-state index contributed by atoms with van der Waals surface area (Å²) >= 11 is 0. The molecule has 0 bridgehead atoms. The highest BCUT2D eigenvalue weighted by atomic mass is 15.2. The molecule has 0 atom stereocenters. The molecule has 0 aliphatic heterocycles. The highest BCUT2D eigenvalue weighted by Crippen LogP contribution is 2.28. The molecule has 1 aliphatic carbocycles. The SMILES string of the molecule is CN=C(NN)C1CCC(C)CC1. The third-order valence-corrected chi connectivity index (χ3v) is 2.79. The number of hydrogen-bond donors (Lipinski definition) is 2. The van der Waals surface area contributed by atoms with Crippen molar-refractivity contribution in [3.8, 4) is 0 Å². The van der Waals surface area contributed by atoms with Crippen LogP contribution in [0.25, 0.3) is 0 Å². The quantitative estimate of drug-likeness (QED) is 0.269. The number of nitrogens with one attached hydrogen (secondary N) is 1. The van der Waals surface area contributed by atoms with Crippen LogP contribution >= 0.6 is 0 Å². The van der Waals surface area contributed by atoms with Crippen LogP contribution in [0.2, 0.25) is 0 Å². The molecule has 0 aromatic heterocycles. The normalized spacial score (nSPS) is 31.8. The molecule has 1 aliphatic rings. The van der Waals surface area contributed by atoms with Gasteiger partial charge in [0, 0.05) is 13.0 Å². The molecule has 1 fully saturated rings. The van der Waals surface area contributed by atoms with Crippen molar-refractivity contribution >= 4 is 5.84 Å². The Balaban J connectivity index is 2.43. The maximum absolute atomic E-state index is 5.37. The summed E-state index contributed by atoms with van der Waals surface area (Å²) in [5.41, 5.74) is 2.69. The lowest BCUT2D eigenvalue weighted by atomic mass is 9.82. The minimum Gasteiger partial charge on any atom is -0.312 e. The van der Waals surface area contributed by atoms with Gasteiger partial charge < -0.3 is 5.43 Å². The van der Waals surface area contributed by atoms with Crippen LogP contribution in [0.5, 0.6) is 0 Å². The Morgan fingerprint density at radius 3 is 2.33 bits per heavy atom. The van der Waals surface area contributed by atoms with Gasteiger partial charge in [-0.1, -0.05) is 19.8 Å². The molecule has 3 heteroatoms. The maximum Gasteiger partial charge on any atom is 0.113 e. The number of hydrazine groups is 1. The highest BCUT2D eigenvalue weighted by molar-refractivity contribution is 5.83. The Kier molecular flexibility index (Phi) is 3.53. The summed E-state index contributed by atoms with van der Waals surface area (Å²) in [7, 11) is 1.80. The largest absolute Gasteiger partial charge is 0.312 e. The van der Waals surface area contributed by atoms with Gasteiger partial charge in [0.1, 0.15) is 5.84 Å². The second-order valence-electron chi connectivity index (χ2n) is 3.71. The van der Waals surface area contributed by atoms with E-state index < -0.39 is 0 Å². The van der Waals surface area contributed by atoms with Gasteiger partial charge in [0.15, 0.2) is 0 Å². The third kappa shape index (κ3) is 2.21. The van der Waals surface area contributed by atoms with Gasteiger partial charge in [-0.2, -0.15) is 0 Å². The van der Waals surface area contributed by atoms with Gasteiger partial charge in [-0.25, -0.2) is 5.84 Å². The van der Waals surface area contributed by atoms with Crippen LogP contribution in [-0.2, 0) is 0 Å². The summed E-state index contributed by atoms with van der Waals surface area (Å²) in [5.74, 6) is 7.81. The summed E-state index contributed by atoms with van der Waals surface area (Å²) in [4.78, 5) is 4.14. The predicted molar refractivity (Wildman–Crippen MR) is 51.8 cm³/mol. The first kappa shape index (κ1) is 9.52. The Morgan fingerprint density at radius 1 is 1.33 bits per heavy atom. The number of hydrogen-bond acceptors (Lipinski definition) is 2. The van der Waals surface area contributed by atoms with Gasteiger partial charge in [-0.15, -0.1) is 0 Å². The fraction of sp³-hybridized carbons (Fsp3) is 0.889. The van der Waals surface area contributed by atoms with E-state index in [1.807, 2.05) is 0 Å². The summed E-state index contributed by atoms with van der Waals surface area (Å²) in [6.45, 7) is 2.31. The van der Waals surface area contributed by atoms with Crippen LogP contribution in [0.3, 0.4) is 0 Å². The molecule has 1 saturated carbocycles. The Hall–Kier alpha value is -0.570. The lowest BCUT2D eigenvalue weighted by Crippen LogP contribution is -2.37. The van der Waals surface area contributed by atoms with Crippen molar-refractivity contribution < 1.29 is 0 Å². The fourth-order valence-electron chi connectivity index (χ4n) is 1.90. The molecule has 70 valence electrons. The van der Waals surface area contributed by atoms with E-state index in [0.29, 0.717) is 5.92 Å². The van der Waals surface area contributed by atoms with Crippen molar-refractivity contribution in [3.05, 3.63) is 0 Å². The van der Waals surface area contributed by atoms with Crippen LogP contribution < -0.4 is 11.3 Å². The molecule has 0 spiro atoms. The fourth-order valence-corrected chi connectivity index (χ4v) is 1.90. The number of aliphatic imine (C=N–C) groups is 1. The first-order chi connectivity index (χ1) is 5.77. The van der Waals surface area contributed by atoms with Gasteiger partial charge in [-0.3, -0.25) is 4.99 Å². The molecule has 0 heterocycles. The Labute approximate surface area is 74.4 Å². The second-order valence-corrected chi connectivity index (χ2v) is 3.71. The van der Waals surface area contributed by atoms with E-state index in [4.69, 9.17) is 5.84 Å². The smallest absolute Gasteiger partial charge is 0.113 e. The molecule has 0 unspecified atom stereocenters. The highest BCUT2D eigenvalue weighted by Gasteiger charge is 2.21. The molecule has 12 heavy (non-hydrogen) atoms. The van der Waals surface area contributed by atoms with Crippen LogP contribution in [0.4, 0.5) is 0 Å². The number of nitrogens with zero attached hydrogens (tertiary/aromatic N) is 1. The van der Waals surface area contributed by atoms with E-state index in [-0.39, 0.29) is 0 Å². The standard InChI is InChI=1S/C9H19N3/c1-7-3-5-8(6-4-7)9(11-2)12-10/h7-8H,3-6,10H2,1-2H3,(H,11,12). The molecular weight excluding hydrogens is 150 g/mol. The lowest BCUT2D eigenvalue weighted by molar-refractivity contribution is 0.340. The van der Waals surface area contributed by atoms with Crippen molar-refractivity contribution in [1.29, 1.82) is 0 Å². The number of nitrogens with two attached hydrogens (primary N) is 1. The van der Waals surface area contributed by atoms with Crippen LogP contribution in [0.15, 0.2) is 4.99 Å². The van der Waals surface area contributed by atoms with Crippen LogP contribution in [0.1, 0.15) is 32.6 Å².